The molecule has 2 nitrogen and oxygen atoms in total. The molecule has 1 N–H and O–H groups in total. The summed E-state index contributed by atoms with van der Waals surface area (Å²) >= 11 is 0. The van der Waals surface area contributed by atoms with Crippen LogP contribution < -0.4 is 5.32 Å². The van der Waals surface area contributed by atoms with Gasteiger partial charge in [-0.1, -0.05) is 32.6 Å². The Morgan fingerprint density at radius 3 is 2.71 bits per heavy atom. The molecule has 0 radical (unpaired) electrons. The molecule has 0 atom stereocenters. The second-order valence-electron chi connectivity index (χ2n) is 4.20. The Morgan fingerprint density at radius 1 is 1.47 bits per heavy atom. The summed E-state index contributed by atoms with van der Waals surface area (Å²) in [6.07, 6.45) is 0. The van der Waals surface area contributed by atoms with Gasteiger partial charge in [-0.15, -0.1) is 0 Å². The molecule has 0 bridgehead atoms. The lowest BCUT2D eigenvalue weighted by molar-refractivity contribution is 0.299. The fraction of sp³-hybridized carbons (Fsp3) is 0.429. The number of hydrogen-bond donors (Lipinski definition) is 1. The molecule has 1 aromatic rings. The molecular weight excluding hydrogens is 217 g/mol. The first kappa shape index (κ1) is 13.7. The third-order valence-corrected chi connectivity index (χ3v) is 2.39. The fourth-order valence-electron chi connectivity index (χ4n) is 1.44. The number of nitrogens with one attached hydrogen (secondary N) is 1. The van der Waals surface area contributed by atoms with E-state index >= 15 is 0 Å². The van der Waals surface area contributed by atoms with E-state index in [1.807, 2.05) is 26.8 Å². The molecule has 0 amide bonds. The molecule has 3 heteroatoms. The van der Waals surface area contributed by atoms with E-state index in [4.69, 9.17) is 4.74 Å². The van der Waals surface area contributed by atoms with Gasteiger partial charge in [0.2, 0.25) is 0 Å². The average molecular weight is 237 g/mol. The summed E-state index contributed by atoms with van der Waals surface area (Å²) in [5, 5.41) is 3.18. The van der Waals surface area contributed by atoms with Gasteiger partial charge in [0.1, 0.15) is 11.6 Å². The Bertz CT molecular complexity index is 388. The molecule has 0 aliphatic rings. The van der Waals surface area contributed by atoms with Crippen molar-refractivity contribution in [2.45, 2.75) is 33.4 Å². The van der Waals surface area contributed by atoms with Crippen molar-refractivity contribution in [3.63, 3.8) is 0 Å². The van der Waals surface area contributed by atoms with Crippen molar-refractivity contribution in [2.75, 3.05) is 6.61 Å². The van der Waals surface area contributed by atoms with E-state index in [0.29, 0.717) is 36.1 Å². The van der Waals surface area contributed by atoms with Crippen molar-refractivity contribution in [3.8, 4) is 0 Å². The molecule has 17 heavy (non-hydrogen) atoms. The first-order valence-electron chi connectivity index (χ1n) is 5.88. The predicted octanol–water partition coefficient (Wildman–Crippen LogP) is 3.33. The average Bonchev–Trinajstić information content (AvgIpc) is 2.27. The number of halogens is 1. The van der Waals surface area contributed by atoms with Crippen LogP contribution in [0.1, 0.15) is 31.9 Å². The third kappa shape index (κ3) is 4.19. The summed E-state index contributed by atoms with van der Waals surface area (Å²) in [4.78, 5) is 0. The van der Waals surface area contributed by atoms with Crippen LogP contribution in [0.15, 0.2) is 24.8 Å². The lowest BCUT2D eigenvalue weighted by Crippen LogP contribution is -2.22. The van der Waals surface area contributed by atoms with E-state index in [2.05, 4.69) is 11.9 Å². The Hall–Kier alpha value is -1.35. The number of hydrogen-bond acceptors (Lipinski definition) is 2. The molecule has 0 aliphatic heterocycles. The molecule has 0 heterocycles. The Labute approximate surface area is 102 Å². The fourth-order valence-corrected chi connectivity index (χ4v) is 1.44. The summed E-state index contributed by atoms with van der Waals surface area (Å²) in [5.41, 5.74) is 1.35. The second kappa shape index (κ2) is 6.40. The van der Waals surface area contributed by atoms with Gasteiger partial charge in [0.05, 0.1) is 6.61 Å². The zero-order valence-electron chi connectivity index (χ0n) is 10.7. The van der Waals surface area contributed by atoms with Gasteiger partial charge in [0.15, 0.2) is 0 Å². The summed E-state index contributed by atoms with van der Waals surface area (Å²) < 4.78 is 19.0. The number of rotatable bonds is 6. The standard InChI is InChI=1S/C14H20FNO/c1-5-17-11(4)12-6-7-13(14(15)8-12)9-16-10(2)3/h6-8,10,16H,4-5,9H2,1-3H3. The highest BCUT2D eigenvalue weighted by Gasteiger charge is 2.06. The van der Waals surface area contributed by atoms with Gasteiger partial charge in [-0.2, -0.15) is 0 Å². The molecule has 0 saturated carbocycles. The lowest BCUT2D eigenvalue weighted by atomic mass is 10.1. The monoisotopic (exact) mass is 237 g/mol. The predicted molar refractivity (Wildman–Crippen MR) is 69.0 cm³/mol. The van der Waals surface area contributed by atoms with E-state index in [-0.39, 0.29) is 5.82 Å². The van der Waals surface area contributed by atoms with Crippen LogP contribution in [0, 0.1) is 5.82 Å². The lowest BCUT2D eigenvalue weighted by Gasteiger charge is -2.11. The molecule has 94 valence electrons. The zero-order chi connectivity index (χ0) is 12.8. The van der Waals surface area contributed by atoms with E-state index in [1.165, 1.54) is 6.07 Å². The summed E-state index contributed by atoms with van der Waals surface area (Å²) in [6, 6.07) is 5.41. The van der Waals surface area contributed by atoms with Crippen molar-refractivity contribution in [1.82, 2.24) is 5.32 Å². The van der Waals surface area contributed by atoms with Crippen LogP contribution in [-0.4, -0.2) is 12.6 Å². The van der Waals surface area contributed by atoms with Crippen LogP contribution in [0.3, 0.4) is 0 Å². The first-order chi connectivity index (χ1) is 8.04. The molecule has 0 unspecified atom stereocenters. The van der Waals surface area contributed by atoms with Crippen LogP contribution in [-0.2, 0) is 11.3 Å². The molecule has 0 saturated heterocycles. The maximum atomic E-state index is 13.8. The Balaban J connectivity index is 2.75. The van der Waals surface area contributed by atoms with Crippen LogP contribution in [0.2, 0.25) is 0 Å². The largest absolute Gasteiger partial charge is 0.494 e. The highest BCUT2D eigenvalue weighted by Crippen LogP contribution is 2.17. The highest BCUT2D eigenvalue weighted by molar-refractivity contribution is 5.57. The van der Waals surface area contributed by atoms with Crippen molar-refractivity contribution in [2.24, 2.45) is 0 Å². The van der Waals surface area contributed by atoms with Crippen molar-refractivity contribution in [1.29, 1.82) is 0 Å². The SMILES string of the molecule is C=C(OCC)c1ccc(CNC(C)C)c(F)c1. The quantitative estimate of drug-likeness (QED) is 0.766. The van der Waals surface area contributed by atoms with Crippen LogP contribution in [0.4, 0.5) is 4.39 Å². The highest BCUT2D eigenvalue weighted by atomic mass is 19.1. The maximum absolute atomic E-state index is 13.8. The van der Waals surface area contributed by atoms with Gasteiger partial charge >= 0.3 is 0 Å². The minimum absolute atomic E-state index is 0.225. The van der Waals surface area contributed by atoms with Gasteiger partial charge < -0.3 is 10.1 Å². The summed E-state index contributed by atoms with van der Waals surface area (Å²) in [5.74, 6) is 0.284. The molecule has 0 spiro atoms. The summed E-state index contributed by atoms with van der Waals surface area (Å²) in [6.45, 7) is 10.8. The molecular formula is C14H20FNO. The van der Waals surface area contributed by atoms with E-state index in [1.54, 1.807) is 6.07 Å². The van der Waals surface area contributed by atoms with Gasteiger partial charge in [0, 0.05) is 23.7 Å². The van der Waals surface area contributed by atoms with Crippen LogP contribution >= 0.6 is 0 Å². The number of ether oxygens (including phenoxy) is 1. The minimum Gasteiger partial charge on any atom is -0.494 e. The van der Waals surface area contributed by atoms with Gasteiger partial charge in [0.25, 0.3) is 0 Å². The Morgan fingerprint density at radius 2 is 2.18 bits per heavy atom. The van der Waals surface area contributed by atoms with E-state index < -0.39 is 0 Å². The molecule has 1 aromatic carbocycles. The van der Waals surface area contributed by atoms with Gasteiger partial charge in [-0.25, -0.2) is 4.39 Å². The smallest absolute Gasteiger partial charge is 0.128 e. The van der Waals surface area contributed by atoms with Crippen molar-refractivity contribution >= 4 is 5.76 Å². The van der Waals surface area contributed by atoms with Gasteiger partial charge in [-0.3, -0.25) is 0 Å². The number of benzene rings is 1. The second-order valence-corrected chi connectivity index (χ2v) is 4.20. The normalized spacial score (nSPS) is 10.6. The van der Waals surface area contributed by atoms with Crippen LogP contribution in [0.25, 0.3) is 5.76 Å². The maximum Gasteiger partial charge on any atom is 0.128 e. The minimum atomic E-state index is -0.225. The van der Waals surface area contributed by atoms with Gasteiger partial charge in [-0.05, 0) is 13.0 Å². The Kier molecular flexibility index (Phi) is 5.16. The van der Waals surface area contributed by atoms with Crippen LogP contribution in [0.5, 0.6) is 0 Å². The molecule has 0 fully saturated rings. The zero-order valence-corrected chi connectivity index (χ0v) is 10.7. The topological polar surface area (TPSA) is 21.3 Å². The molecule has 0 aromatic heterocycles. The van der Waals surface area contributed by atoms with Crippen molar-refractivity contribution < 1.29 is 9.13 Å². The van der Waals surface area contributed by atoms with E-state index in [0.717, 1.165) is 0 Å². The first-order valence-corrected chi connectivity index (χ1v) is 5.88. The van der Waals surface area contributed by atoms with E-state index in [9.17, 15) is 4.39 Å². The third-order valence-electron chi connectivity index (χ3n) is 2.39. The summed E-state index contributed by atoms with van der Waals surface area (Å²) in [7, 11) is 0. The molecule has 0 aliphatic carbocycles. The van der Waals surface area contributed by atoms with Crippen molar-refractivity contribution in [3.05, 3.63) is 41.7 Å². The molecule has 1 rings (SSSR count).